The van der Waals surface area contributed by atoms with Crippen LogP contribution in [0.4, 0.5) is 0 Å². The number of esters is 1. The van der Waals surface area contributed by atoms with Gasteiger partial charge in [-0.1, -0.05) is 32.0 Å². The van der Waals surface area contributed by atoms with E-state index in [1.165, 1.54) is 0 Å². The van der Waals surface area contributed by atoms with Crippen molar-refractivity contribution in [3.63, 3.8) is 0 Å². The molecule has 1 heterocycles. The minimum Gasteiger partial charge on any atom is -0.486 e. The standard InChI is InChI=1S/C18H18O4/c1-12(2)18(19)22-15-5-3-4-13(10-15)14-6-7-16-17(11-14)21-9-8-20-16/h3-7,10-12H,8-9H2,1-2H3. The Morgan fingerprint density at radius 3 is 2.50 bits per heavy atom. The molecular weight excluding hydrogens is 280 g/mol. The summed E-state index contributed by atoms with van der Waals surface area (Å²) in [4.78, 5) is 11.7. The minimum absolute atomic E-state index is 0.155. The van der Waals surface area contributed by atoms with Crippen LogP contribution in [0.1, 0.15) is 13.8 Å². The van der Waals surface area contributed by atoms with E-state index in [4.69, 9.17) is 14.2 Å². The van der Waals surface area contributed by atoms with Crippen molar-refractivity contribution in [1.29, 1.82) is 0 Å². The van der Waals surface area contributed by atoms with Gasteiger partial charge < -0.3 is 14.2 Å². The van der Waals surface area contributed by atoms with E-state index in [9.17, 15) is 4.79 Å². The molecule has 4 heteroatoms. The van der Waals surface area contributed by atoms with E-state index >= 15 is 0 Å². The molecule has 3 rings (SSSR count). The zero-order valence-corrected chi connectivity index (χ0v) is 12.7. The lowest BCUT2D eigenvalue weighted by Gasteiger charge is -2.19. The fourth-order valence-electron chi connectivity index (χ4n) is 2.20. The van der Waals surface area contributed by atoms with Gasteiger partial charge in [-0.2, -0.15) is 0 Å². The molecule has 0 saturated heterocycles. The van der Waals surface area contributed by atoms with E-state index in [1.807, 2.05) is 50.2 Å². The second-order valence-electron chi connectivity index (χ2n) is 5.46. The molecule has 22 heavy (non-hydrogen) atoms. The molecular formula is C18H18O4. The molecule has 0 N–H and O–H groups in total. The molecule has 114 valence electrons. The maximum Gasteiger partial charge on any atom is 0.313 e. The predicted octanol–water partition coefficient (Wildman–Crippen LogP) is 3.69. The molecule has 0 unspecified atom stereocenters. The van der Waals surface area contributed by atoms with Gasteiger partial charge in [0.25, 0.3) is 0 Å². The molecule has 2 aromatic rings. The smallest absolute Gasteiger partial charge is 0.313 e. The van der Waals surface area contributed by atoms with Crippen molar-refractivity contribution in [2.45, 2.75) is 13.8 Å². The third kappa shape index (κ3) is 3.06. The lowest BCUT2D eigenvalue weighted by atomic mass is 10.0. The van der Waals surface area contributed by atoms with Gasteiger partial charge in [-0.25, -0.2) is 0 Å². The zero-order chi connectivity index (χ0) is 15.5. The monoisotopic (exact) mass is 298 g/mol. The van der Waals surface area contributed by atoms with Crippen LogP contribution >= 0.6 is 0 Å². The topological polar surface area (TPSA) is 44.8 Å². The molecule has 0 saturated carbocycles. The van der Waals surface area contributed by atoms with Crippen molar-refractivity contribution in [2.24, 2.45) is 5.92 Å². The molecule has 0 amide bonds. The Morgan fingerprint density at radius 1 is 1.00 bits per heavy atom. The van der Waals surface area contributed by atoms with Crippen LogP contribution in [-0.4, -0.2) is 19.2 Å². The number of benzene rings is 2. The summed E-state index contributed by atoms with van der Waals surface area (Å²) in [5.74, 6) is 1.66. The minimum atomic E-state index is -0.237. The number of hydrogen-bond acceptors (Lipinski definition) is 4. The summed E-state index contributed by atoms with van der Waals surface area (Å²) in [5, 5.41) is 0. The number of hydrogen-bond donors (Lipinski definition) is 0. The fraction of sp³-hybridized carbons (Fsp3) is 0.278. The van der Waals surface area contributed by atoms with Crippen molar-refractivity contribution in [1.82, 2.24) is 0 Å². The highest BCUT2D eigenvalue weighted by molar-refractivity contribution is 5.75. The fourth-order valence-corrected chi connectivity index (χ4v) is 2.20. The van der Waals surface area contributed by atoms with Gasteiger partial charge in [0.1, 0.15) is 19.0 Å². The Bertz CT molecular complexity index is 691. The van der Waals surface area contributed by atoms with Gasteiger partial charge in [-0.15, -0.1) is 0 Å². The maximum absolute atomic E-state index is 11.7. The normalized spacial score (nSPS) is 13.0. The van der Waals surface area contributed by atoms with Crippen LogP contribution in [0.2, 0.25) is 0 Å². The summed E-state index contributed by atoms with van der Waals surface area (Å²) in [6.45, 7) is 4.76. The van der Waals surface area contributed by atoms with E-state index in [2.05, 4.69) is 0 Å². The molecule has 1 aliphatic rings. The average molecular weight is 298 g/mol. The van der Waals surface area contributed by atoms with Crippen LogP contribution in [0.25, 0.3) is 11.1 Å². The number of carbonyl (C=O) groups excluding carboxylic acids is 1. The largest absolute Gasteiger partial charge is 0.486 e. The predicted molar refractivity (Wildman–Crippen MR) is 83.3 cm³/mol. The van der Waals surface area contributed by atoms with Crippen molar-refractivity contribution in [2.75, 3.05) is 13.2 Å². The number of fused-ring (bicyclic) bond motifs is 1. The second kappa shape index (κ2) is 6.10. The van der Waals surface area contributed by atoms with Crippen molar-refractivity contribution >= 4 is 5.97 Å². The average Bonchev–Trinajstić information content (AvgIpc) is 2.54. The Morgan fingerprint density at radius 2 is 1.73 bits per heavy atom. The van der Waals surface area contributed by atoms with Crippen molar-refractivity contribution in [3.8, 4) is 28.4 Å². The molecule has 0 aliphatic carbocycles. The number of ether oxygens (including phenoxy) is 3. The number of carbonyl (C=O) groups is 1. The molecule has 0 bridgehead atoms. The van der Waals surface area contributed by atoms with Crippen LogP contribution in [0.5, 0.6) is 17.2 Å². The van der Waals surface area contributed by atoms with Gasteiger partial charge in [0.05, 0.1) is 5.92 Å². The van der Waals surface area contributed by atoms with E-state index in [1.54, 1.807) is 6.07 Å². The summed E-state index contributed by atoms with van der Waals surface area (Å²) in [7, 11) is 0. The molecule has 1 aliphatic heterocycles. The first-order valence-corrected chi connectivity index (χ1v) is 7.35. The van der Waals surface area contributed by atoms with Gasteiger partial charge in [-0.05, 0) is 35.4 Å². The second-order valence-corrected chi connectivity index (χ2v) is 5.46. The van der Waals surface area contributed by atoms with Crippen LogP contribution in [0.3, 0.4) is 0 Å². The summed E-state index contributed by atoms with van der Waals surface area (Å²) >= 11 is 0. The van der Waals surface area contributed by atoms with Crippen LogP contribution in [-0.2, 0) is 4.79 Å². The quantitative estimate of drug-likeness (QED) is 0.640. The molecule has 2 aromatic carbocycles. The van der Waals surface area contributed by atoms with Crippen LogP contribution < -0.4 is 14.2 Å². The van der Waals surface area contributed by atoms with Crippen molar-refractivity contribution in [3.05, 3.63) is 42.5 Å². The van der Waals surface area contributed by atoms with Crippen LogP contribution in [0, 0.1) is 5.92 Å². The molecule has 0 spiro atoms. The number of rotatable bonds is 3. The third-order valence-corrected chi connectivity index (χ3v) is 3.40. The van der Waals surface area contributed by atoms with Crippen LogP contribution in [0.15, 0.2) is 42.5 Å². The summed E-state index contributed by atoms with van der Waals surface area (Å²) in [6, 6.07) is 13.3. The van der Waals surface area contributed by atoms with Gasteiger partial charge in [-0.3, -0.25) is 4.79 Å². The summed E-state index contributed by atoms with van der Waals surface area (Å²) < 4.78 is 16.5. The lowest BCUT2D eigenvalue weighted by molar-refractivity contribution is -0.137. The highest BCUT2D eigenvalue weighted by Gasteiger charge is 2.13. The summed E-state index contributed by atoms with van der Waals surface area (Å²) in [6.07, 6.45) is 0. The third-order valence-electron chi connectivity index (χ3n) is 3.40. The molecule has 0 aromatic heterocycles. The first-order valence-electron chi connectivity index (χ1n) is 7.35. The van der Waals surface area contributed by atoms with Gasteiger partial charge in [0.15, 0.2) is 11.5 Å². The zero-order valence-electron chi connectivity index (χ0n) is 12.7. The summed E-state index contributed by atoms with van der Waals surface area (Å²) in [5.41, 5.74) is 1.96. The highest BCUT2D eigenvalue weighted by atomic mass is 16.6. The highest BCUT2D eigenvalue weighted by Crippen LogP contribution is 2.35. The van der Waals surface area contributed by atoms with Gasteiger partial charge >= 0.3 is 5.97 Å². The maximum atomic E-state index is 11.7. The molecule has 0 atom stereocenters. The molecule has 0 fully saturated rings. The van der Waals surface area contributed by atoms with Crippen molar-refractivity contribution < 1.29 is 19.0 Å². The Kier molecular flexibility index (Phi) is 4.00. The Balaban J connectivity index is 1.87. The first kappa shape index (κ1) is 14.4. The van der Waals surface area contributed by atoms with Gasteiger partial charge in [0.2, 0.25) is 0 Å². The Hall–Kier alpha value is -2.49. The van der Waals surface area contributed by atoms with E-state index < -0.39 is 0 Å². The van der Waals surface area contributed by atoms with E-state index in [0.717, 1.165) is 22.6 Å². The SMILES string of the molecule is CC(C)C(=O)Oc1cccc(-c2ccc3c(c2)OCCO3)c1. The Labute approximate surface area is 129 Å². The van der Waals surface area contributed by atoms with Gasteiger partial charge in [0, 0.05) is 0 Å². The molecule has 4 nitrogen and oxygen atoms in total. The van der Waals surface area contributed by atoms with E-state index in [-0.39, 0.29) is 11.9 Å². The lowest BCUT2D eigenvalue weighted by Crippen LogP contribution is -2.15. The molecule has 0 radical (unpaired) electrons. The van der Waals surface area contributed by atoms with E-state index in [0.29, 0.717) is 19.0 Å². The first-order chi connectivity index (χ1) is 10.6.